The Bertz CT molecular complexity index is 543. The van der Waals surface area contributed by atoms with Crippen molar-refractivity contribution in [2.24, 2.45) is 0 Å². The Kier molecular flexibility index (Phi) is 4.82. The molecule has 0 saturated heterocycles. The largest absolute Gasteiger partial charge is 0.481 e. The van der Waals surface area contributed by atoms with E-state index in [1.54, 1.807) is 19.2 Å². The van der Waals surface area contributed by atoms with Gasteiger partial charge in [0, 0.05) is 12.6 Å². The number of aromatic nitrogens is 1. The van der Waals surface area contributed by atoms with E-state index >= 15 is 0 Å². The van der Waals surface area contributed by atoms with E-state index in [2.05, 4.69) is 41.5 Å². The Balaban J connectivity index is 1.90. The number of methoxy groups -OCH3 is 1. The molecule has 0 radical (unpaired) electrons. The Hall–Kier alpha value is -2.23. The Labute approximate surface area is 120 Å². The molecule has 1 heterocycles. The Morgan fingerprint density at radius 2 is 1.95 bits per heavy atom. The normalized spacial score (nSPS) is 11.9. The number of nitrogen functional groups attached to an aromatic ring is 1. The molecule has 0 saturated carbocycles. The summed E-state index contributed by atoms with van der Waals surface area (Å²) in [4.78, 5) is 4.30. The highest BCUT2D eigenvalue weighted by Gasteiger charge is 2.06. The van der Waals surface area contributed by atoms with Crippen LogP contribution in [0.3, 0.4) is 0 Å². The summed E-state index contributed by atoms with van der Waals surface area (Å²) in [6, 6.07) is 14.0. The summed E-state index contributed by atoms with van der Waals surface area (Å²) in [6.45, 7) is 3.04. The van der Waals surface area contributed by atoms with Gasteiger partial charge in [0.25, 0.3) is 0 Å². The van der Waals surface area contributed by atoms with Crippen LogP contribution in [0, 0.1) is 0 Å². The molecule has 1 unspecified atom stereocenters. The number of rotatable bonds is 6. The third-order valence-electron chi connectivity index (χ3n) is 3.35. The number of nitrogens with one attached hydrogen (secondary N) is 1. The first kappa shape index (κ1) is 14.2. The molecule has 106 valence electrons. The number of nitrogens with two attached hydrogens (primary N) is 1. The number of anilines is 2. The van der Waals surface area contributed by atoms with E-state index < -0.39 is 0 Å². The maximum absolute atomic E-state index is 5.89. The number of hydrogen-bond acceptors (Lipinski definition) is 4. The summed E-state index contributed by atoms with van der Waals surface area (Å²) in [6.07, 6.45) is 1.02. The fourth-order valence-electron chi connectivity index (χ4n) is 2.06. The van der Waals surface area contributed by atoms with Gasteiger partial charge >= 0.3 is 0 Å². The monoisotopic (exact) mass is 271 g/mol. The zero-order valence-electron chi connectivity index (χ0n) is 12.0. The quantitative estimate of drug-likeness (QED) is 0.846. The molecular formula is C16H21N3O. The van der Waals surface area contributed by atoms with E-state index in [1.807, 2.05) is 6.07 Å². The molecule has 1 aromatic heterocycles. The molecule has 4 heteroatoms. The van der Waals surface area contributed by atoms with E-state index in [-0.39, 0.29) is 0 Å². The first-order chi connectivity index (χ1) is 9.70. The summed E-state index contributed by atoms with van der Waals surface area (Å²) < 4.78 is 5.10. The van der Waals surface area contributed by atoms with E-state index in [4.69, 9.17) is 10.5 Å². The summed E-state index contributed by atoms with van der Waals surface area (Å²) in [5.74, 6) is 1.75. The summed E-state index contributed by atoms with van der Waals surface area (Å²) in [5.41, 5.74) is 7.88. The first-order valence-corrected chi connectivity index (χ1v) is 6.80. The maximum Gasteiger partial charge on any atom is 0.215 e. The van der Waals surface area contributed by atoms with Gasteiger partial charge in [-0.1, -0.05) is 37.3 Å². The van der Waals surface area contributed by atoms with Crippen LogP contribution in [-0.2, 0) is 0 Å². The molecule has 0 spiro atoms. The average molecular weight is 271 g/mol. The van der Waals surface area contributed by atoms with Gasteiger partial charge in [-0.25, -0.2) is 0 Å². The molecule has 4 nitrogen and oxygen atoms in total. The third-order valence-corrected chi connectivity index (χ3v) is 3.35. The Morgan fingerprint density at radius 3 is 2.65 bits per heavy atom. The highest BCUT2D eigenvalue weighted by Crippen LogP contribution is 2.21. The predicted octanol–water partition coefficient (Wildman–Crippen LogP) is 3.28. The van der Waals surface area contributed by atoms with Crippen LogP contribution < -0.4 is 15.8 Å². The van der Waals surface area contributed by atoms with Crippen LogP contribution >= 0.6 is 0 Å². The van der Waals surface area contributed by atoms with E-state index in [0.29, 0.717) is 23.3 Å². The van der Waals surface area contributed by atoms with Gasteiger partial charge in [0.15, 0.2) is 5.82 Å². The van der Waals surface area contributed by atoms with Gasteiger partial charge in [0.05, 0.1) is 12.8 Å². The molecule has 2 rings (SSSR count). The van der Waals surface area contributed by atoms with Gasteiger partial charge < -0.3 is 15.8 Å². The van der Waals surface area contributed by atoms with Crippen LogP contribution in [-0.4, -0.2) is 18.6 Å². The van der Waals surface area contributed by atoms with Crippen molar-refractivity contribution in [2.45, 2.75) is 19.3 Å². The number of hydrogen-bond donors (Lipinski definition) is 2. The lowest BCUT2D eigenvalue weighted by Crippen LogP contribution is -2.09. The van der Waals surface area contributed by atoms with Crippen molar-refractivity contribution < 1.29 is 4.74 Å². The van der Waals surface area contributed by atoms with Gasteiger partial charge in [-0.2, -0.15) is 4.98 Å². The highest BCUT2D eigenvalue weighted by atomic mass is 16.5. The summed E-state index contributed by atoms with van der Waals surface area (Å²) in [5, 5.41) is 3.27. The predicted molar refractivity (Wildman–Crippen MR) is 83.2 cm³/mol. The molecule has 3 N–H and O–H groups in total. The van der Waals surface area contributed by atoms with Crippen LogP contribution in [0.5, 0.6) is 5.88 Å². The molecule has 2 aromatic rings. The van der Waals surface area contributed by atoms with Crippen LogP contribution in [0.25, 0.3) is 0 Å². The van der Waals surface area contributed by atoms with Gasteiger partial charge in [-0.05, 0) is 24.0 Å². The number of pyridine rings is 1. The number of nitrogens with zero attached hydrogens (tertiary/aromatic N) is 1. The fraction of sp³-hybridized carbons (Fsp3) is 0.312. The molecule has 0 fully saturated rings. The van der Waals surface area contributed by atoms with Crippen LogP contribution in [0.15, 0.2) is 42.5 Å². The van der Waals surface area contributed by atoms with Crippen LogP contribution in [0.4, 0.5) is 11.5 Å². The lowest BCUT2D eigenvalue weighted by molar-refractivity contribution is 0.398. The van der Waals surface area contributed by atoms with E-state index in [1.165, 1.54) is 5.56 Å². The summed E-state index contributed by atoms with van der Waals surface area (Å²) in [7, 11) is 1.60. The molecule has 0 bridgehead atoms. The number of ether oxygens (including phenoxy) is 1. The van der Waals surface area contributed by atoms with Crippen LogP contribution in [0.2, 0.25) is 0 Å². The Morgan fingerprint density at radius 1 is 1.20 bits per heavy atom. The van der Waals surface area contributed by atoms with Gasteiger partial charge in [0.2, 0.25) is 5.88 Å². The third kappa shape index (κ3) is 3.63. The molecule has 20 heavy (non-hydrogen) atoms. The van der Waals surface area contributed by atoms with Crippen molar-refractivity contribution in [1.29, 1.82) is 0 Å². The minimum Gasteiger partial charge on any atom is -0.481 e. The van der Waals surface area contributed by atoms with Crippen molar-refractivity contribution in [1.82, 2.24) is 4.98 Å². The summed E-state index contributed by atoms with van der Waals surface area (Å²) >= 11 is 0. The van der Waals surface area contributed by atoms with Crippen molar-refractivity contribution in [3.63, 3.8) is 0 Å². The van der Waals surface area contributed by atoms with Crippen molar-refractivity contribution in [2.75, 3.05) is 24.7 Å². The molecule has 1 atom stereocenters. The zero-order chi connectivity index (χ0) is 14.4. The highest BCUT2D eigenvalue weighted by molar-refractivity contribution is 5.61. The van der Waals surface area contributed by atoms with Crippen molar-refractivity contribution in [3.8, 4) is 5.88 Å². The zero-order valence-corrected chi connectivity index (χ0v) is 12.0. The molecule has 0 aliphatic carbocycles. The molecule has 0 aliphatic heterocycles. The second-order valence-electron chi connectivity index (χ2n) is 4.82. The standard InChI is InChI=1S/C16H21N3O/c1-12(13-6-4-3-5-7-13)10-11-18-16-14(17)8-9-15(19-16)20-2/h3-9,12H,10-11,17H2,1-2H3,(H,18,19). The minimum absolute atomic E-state index is 0.496. The first-order valence-electron chi connectivity index (χ1n) is 6.80. The minimum atomic E-state index is 0.496. The number of benzene rings is 1. The second kappa shape index (κ2) is 6.80. The van der Waals surface area contributed by atoms with Gasteiger partial charge in [0.1, 0.15) is 0 Å². The lowest BCUT2D eigenvalue weighted by Gasteiger charge is -2.14. The van der Waals surface area contributed by atoms with E-state index in [9.17, 15) is 0 Å². The van der Waals surface area contributed by atoms with E-state index in [0.717, 1.165) is 13.0 Å². The second-order valence-corrected chi connectivity index (χ2v) is 4.82. The molecule has 0 amide bonds. The van der Waals surface area contributed by atoms with Gasteiger partial charge in [-0.3, -0.25) is 0 Å². The molecule has 0 aliphatic rings. The molecular weight excluding hydrogens is 250 g/mol. The van der Waals surface area contributed by atoms with Crippen LogP contribution in [0.1, 0.15) is 24.8 Å². The fourth-order valence-corrected chi connectivity index (χ4v) is 2.06. The SMILES string of the molecule is COc1ccc(N)c(NCCC(C)c2ccccc2)n1. The van der Waals surface area contributed by atoms with Crippen molar-refractivity contribution in [3.05, 3.63) is 48.0 Å². The smallest absolute Gasteiger partial charge is 0.215 e. The van der Waals surface area contributed by atoms with Crippen molar-refractivity contribution >= 4 is 11.5 Å². The average Bonchev–Trinajstić information content (AvgIpc) is 2.50. The lowest BCUT2D eigenvalue weighted by atomic mass is 9.98. The maximum atomic E-state index is 5.89. The van der Waals surface area contributed by atoms with Gasteiger partial charge in [-0.15, -0.1) is 0 Å². The molecule has 1 aromatic carbocycles. The topological polar surface area (TPSA) is 60.2 Å².